The first kappa shape index (κ1) is 44.7. The van der Waals surface area contributed by atoms with Crippen molar-refractivity contribution < 1.29 is 29.4 Å². The van der Waals surface area contributed by atoms with Gasteiger partial charge in [0.05, 0.1) is 54.0 Å². The Hall–Kier alpha value is -3.44. The van der Waals surface area contributed by atoms with E-state index in [0.717, 1.165) is 103 Å². The molecule has 12 rings (SSSR count). The molecule has 4 aromatic rings. The van der Waals surface area contributed by atoms with Crippen LogP contribution in [0.1, 0.15) is 174 Å². The van der Waals surface area contributed by atoms with Crippen molar-refractivity contribution in [1.29, 1.82) is 0 Å². The summed E-state index contributed by atoms with van der Waals surface area (Å²) >= 11 is 0. The Labute approximate surface area is 399 Å². The normalized spacial score (nSPS) is 41.7. The maximum Gasteiger partial charge on any atom is 0.172 e. The molecule has 8 heteroatoms. The lowest BCUT2D eigenvalue weighted by molar-refractivity contribution is -0.433. The molecule has 354 valence electrons. The van der Waals surface area contributed by atoms with Gasteiger partial charge in [-0.2, -0.15) is 0 Å². The third-order valence-electron chi connectivity index (χ3n) is 19.4. The van der Waals surface area contributed by atoms with E-state index in [2.05, 4.69) is 121 Å². The molecule has 0 aromatic heterocycles. The smallest absolute Gasteiger partial charge is 0.172 e. The Morgan fingerprint density at radius 3 is 0.746 bits per heavy atom. The Kier molecular flexibility index (Phi) is 11.7. The minimum absolute atomic E-state index is 0.452. The van der Waals surface area contributed by atoms with E-state index >= 15 is 10.4 Å². The summed E-state index contributed by atoms with van der Waals surface area (Å²) < 4.78 is 29.0. The van der Waals surface area contributed by atoms with Gasteiger partial charge in [0.15, 0.2) is 11.6 Å². The molecule has 4 aromatic carbocycles. The van der Waals surface area contributed by atoms with Crippen LogP contribution in [0.15, 0.2) is 121 Å². The maximum atomic E-state index is 15.3. The van der Waals surface area contributed by atoms with Gasteiger partial charge in [0.2, 0.25) is 0 Å². The molecule has 0 bridgehead atoms. The van der Waals surface area contributed by atoms with E-state index in [4.69, 9.17) is 18.9 Å². The number of hydroxylamine groups is 4. The van der Waals surface area contributed by atoms with E-state index in [9.17, 15) is 0 Å². The minimum Gasteiger partial charge on any atom is -0.349 e. The van der Waals surface area contributed by atoms with Crippen LogP contribution in [0.3, 0.4) is 0 Å². The maximum absolute atomic E-state index is 15.3. The van der Waals surface area contributed by atoms with Gasteiger partial charge in [0.1, 0.15) is 0 Å². The van der Waals surface area contributed by atoms with Crippen LogP contribution in [0.4, 0.5) is 0 Å². The molecule has 8 fully saturated rings. The molecule has 0 N–H and O–H groups in total. The van der Waals surface area contributed by atoms with Crippen LogP contribution in [-0.4, -0.2) is 70.3 Å². The summed E-state index contributed by atoms with van der Waals surface area (Å²) in [4.78, 5) is 0. The van der Waals surface area contributed by atoms with Crippen molar-refractivity contribution in [2.45, 2.75) is 186 Å². The summed E-state index contributed by atoms with van der Waals surface area (Å²) in [5.74, 6) is 0.218. The molecule has 4 heterocycles. The monoisotopic (exact) mass is 905 g/mol. The summed E-state index contributed by atoms with van der Waals surface area (Å²) in [6, 6.07) is 43.6. The van der Waals surface area contributed by atoms with Crippen LogP contribution in [-0.2, 0) is 29.4 Å². The van der Waals surface area contributed by atoms with Gasteiger partial charge in [-0.25, -0.2) is 0 Å². The Bertz CT molecular complexity index is 1950. The average molecular weight is 905 g/mol. The predicted molar refractivity (Wildman–Crippen MR) is 257 cm³/mol. The zero-order valence-electron chi connectivity index (χ0n) is 39.7. The van der Waals surface area contributed by atoms with Crippen LogP contribution in [0.5, 0.6) is 0 Å². The van der Waals surface area contributed by atoms with Gasteiger partial charge in [-0.05, 0) is 149 Å². The first-order valence-corrected chi connectivity index (χ1v) is 26.4. The standard InChI is InChI=1S/C59H72N2O6/c62-60-54(29-21-49(22-30-54)45-13-5-1-6-14-45)37-58(38-55(60)31-23-50(24-32-55)46-15-7-2-8-16-46)64-41-53(42-65-58)43-66-59(67-44-53)39-56(33-25-51(26-34-56)47-17-9-3-10-18-47)61(63)57(40-59)35-27-52(28-36-57)48-19-11-4-12-20-48/h1-20,49-52H,21-44H2. The van der Waals surface area contributed by atoms with Crippen LogP contribution >= 0.6 is 0 Å². The van der Waals surface area contributed by atoms with E-state index in [-0.39, 0.29) is 0 Å². The van der Waals surface area contributed by atoms with Crippen molar-refractivity contribution in [2.24, 2.45) is 5.41 Å². The van der Waals surface area contributed by atoms with Gasteiger partial charge >= 0.3 is 0 Å². The first-order chi connectivity index (χ1) is 32.7. The van der Waals surface area contributed by atoms with Crippen molar-refractivity contribution in [3.63, 3.8) is 0 Å². The Balaban J connectivity index is 0.776. The third kappa shape index (κ3) is 8.08. The lowest BCUT2D eigenvalue weighted by atomic mass is 9.61. The molecule has 4 aliphatic heterocycles. The van der Waals surface area contributed by atoms with Crippen molar-refractivity contribution >= 4 is 0 Å². The minimum atomic E-state index is -0.822. The lowest BCUT2D eigenvalue weighted by Gasteiger charge is -2.65. The highest BCUT2D eigenvalue weighted by Gasteiger charge is 2.67. The fraction of sp³-hybridized carbons (Fsp3) is 0.593. The van der Waals surface area contributed by atoms with Gasteiger partial charge < -0.3 is 18.9 Å². The summed E-state index contributed by atoms with van der Waals surface area (Å²) in [5.41, 5.74) is 3.01. The van der Waals surface area contributed by atoms with E-state index in [1.54, 1.807) is 10.1 Å². The molecule has 7 spiro atoms. The van der Waals surface area contributed by atoms with E-state index in [1.165, 1.54) is 22.3 Å². The molecule has 67 heavy (non-hydrogen) atoms. The molecule has 0 amide bonds. The van der Waals surface area contributed by atoms with Crippen molar-refractivity contribution in [3.05, 3.63) is 144 Å². The molecule has 0 atom stereocenters. The highest BCUT2D eigenvalue weighted by atomic mass is 16.7. The molecule has 8 nitrogen and oxygen atoms in total. The number of piperidine rings is 2. The second-order valence-electron chi connectivity index (χ2n) is 23.4. The fourth-order valence-corrected chi connectivity index (χ4v) is 15.7. The van der Waals surface area contributed by atoms with Gasteiger partial charge in [0, 0.05) is 25.7 Å². The van der Waals surface area contributed by atoms with Crippen molar-refractivity contribution in [1.82, 2.24) is 10.1 Å². The van der Waals surface area contributed by atoms with Gasteiger partial charge in [-0.15, -0.1) is 20.5 Å². The van der Waals surface area contributed by atoms with Crippen LogP contribution in [0, 0.1) is 5.41 Å². The predicted octanol–water partition coefficient (Wildman–Crippen LogP) is 12.7. The summed E-state index contributed by atoms with van der Waals surface area (Å²) in [7, 11) is 0. The summed E-state index contributed by atoms with van der Waals surface area (Å²) in [6.07, 6.45) is 17.2. The van der Waals surface area contributed by atoms with E-state index in [0.29, 0.717) is 75.8 Å². The average Bonchev–Trinajstić information content (AvgIpc) is 3.39. The van der Waals surface area contributed by atoms with Gasteiger partial charge in [-0.1, -0.05) is 121 Å². The van der Waals surface area contributed by atoms with E-state index < -0.39 is 39.1 Å². The topological polar surface area (TPSA) is 83.2 Å². The summed E-state index contributed by atoms with van der Waals surface area (Å²) in [6.45, 7) is 1.92. The first-order valence-electron chi connectivity index (χ1n) is 26.4. The van der Waals surface area contributed by atoms with Crippen LogP contribution in [0.25, 0.3) is 0 Å². The van der Waals surface area contributed by atoms with Gasteiger partial charge in [0.25, 0.3) is 0 Å². The Morgan fingerprint density at radius 1 is 0.328 bits per heavy atom. The van der Waals surface area contributed by atoms with Crippen LogP contribution < -0.4 is 0 Å². The molecule has 0 unspecified atom stereocenters. The number of hydrogen-bond acceptors (Lipinski definition) is 6. The SMILES string of the molecule is [O]N1C2(CCC(c3ccccc3)CC2)CC2(CC13CCC(c1ccccc1)CC3)OCC1(CO2)COC2(CC3(CCC(c4ccccc4)CC3)N([O])C3(CCC(c4ccccc4)CC3)C2)OC1. The molecule has 4 saturated heterocycles. The van der Waals surface area contributed by atoms with Crippen molar-refractivity contribution in [3.8, 4) is 0 Å². The quantitative estimate of drug-likeness (QED) is 0.203. The molecular formula is C59H72N2O6. The molecule has 8 aliphatic rings. The molecule has 2 radical (unpaired) electrons. The number of nitrogens with zero attached hydrogens (tertiary/aromatic N) is 2. The molecular weight excluding hydrogens is 833 g/mol. The van der Waals surface area contributed by atoms with Crippen molar-refractivity contribution in [2.75, 3.05) is 26.4 Å². The van der Waals surface area contributed by atoms with Crippen LogP contribution in [0.2, 0.25) is 0 Å². The highest BCUT2D eigenvalue weighted by Crippen LogP contribution is 2.62. The Morgan fingerprint density at radius 2 is 0.537 bits per heavy atom. The molecule has 4 saturated carbocycles. The van der Waals surface area contributed by atoms with E-state index in [1.807, 2.05) is 0 Å². The zero-order chi connectivity index (χ0) is 45.2. The zero-order valence-corrected chi connectivity index (χ0v) is 39.7. The summed E-state index contributed by atoms with van der Waals surface area (Å²) in [5, 5.41) is 33.8. The number of benzene rings is 4. The second kappa shape index (κ2) is 17.4. The van der Waals surface area contributed by atoms with Gasteiger partial charge in [-0.3, -0.25) is 0 Å². The fourth-order valence-electron chi connectivity index (χ4n) is 15.7. The molecule has 4 aliphatic carbocycles. The largest absolute Gasteiger partial charge is 0.349 e. The number of rotatable bonds is 4. The second-order valence-corrected chi connectivity index (χ2v) is 23.4. The highest BCUT2D eigenvalue weighted by molar-refractivity contribution is 5.26. The third-order valence-corrected chi connectivity index (χ3v) is 19.4. The lowest BCUT2D eigenvalue weighted by Crippen LogP contribution is -2.73. The number of hydrogen-bond donors (Lipinski definition) is 0. The number of ether oxygens (including phenoxy) is 4.